The highest BCUT2D eigenvalue weighted by Crippen LogP contribution is 2.32. The third-order valence-electron chi connectivity index (χ3n) is 4.73. The zero-order chi connectivity index (χ0) is 22.4. The van der Waals surface area contributed by atoms with E-state index in [9.17, 15) is 14.4 Å². The minimum absolute atomic E-state index is 0.144. The smallest absolute Gasteiger partial charge is 0.338 e. The molecule has 0 saturated heterocycles. The standard InChI is InChI=1S/C23H26N2O6/c1-4-29-19-11-10-16(13-20(19)30-5-2)23(28)31-14-22(27)25-15(3)12-21(26)24-17-8-6-7-9-18(17)25/h6-11,13,15H,4-5,12,14H2,1-3H3,(H,24,26). The number of rotatable bonds is 7. The van der Waals surface area contributed by atoms with Crippen molar-refractivity contribution in [3.8, 4) is 11.5 Å². The Morgan fingerprint density at radius 1 is 1.06 bits per heavy atom. The van der Waals surface area contributed by atoms with Crippen LogP contribution < -0.4 is 19.7 Å². The largest absolute Gasteiger partial charge is 0.490 e. The number of anilines is 2. The van der Waals surface area contributed by atoms with Crippen LogP contribution in [0.25, 0.3) is 0 Å². The van der Waals surface area contributed by atoms with Crippen molar-refractivity contribution in [3.63, 3.8) is 0 Å². The summed E-state index contributed by atoms with van der Waals surface area (Å²) in [5, 5.41) is 2.80. The highest BCUT2D eigenvalue weighted by Gasteiger charge is 2.30. The van der Waals surface area contributed by atoms with Crippen LogP contribution in [0.2, 0.25) is 0 Å². The first-order valence-corrected chi connectivity index (χ1v) is 10.2. The van der Waals surface area contributed by atoms with Gasteiger partial charge in [0.05, 0.1) is 30.2 Å². The van der Waals surface area contributed by atoms with Gasteiger partial charge in [-0.3, -0.25) is 9.59 Å². The van der Waals surface area contributed by atoms with Gasteiger partial charge in [-0.25, -0.2) is 4.79 Å². The second-order valence-corrected chi connectivity index (χ2v) is 6.99. The lowest BCUT2D eigenvalue weighted by atomic mass is 10.1. The average Bonchev–Trinajstić information content (AvgIpc) is 2.87. The number of esters is 1. The number of para-hydroxylation sites is 2. The molecule has 2 aromatic carbocycles. The number of amides is 2. The number of carbonyl (C=O) groups is 3. The number of nitrogens with zero attached hydrogens (tertiary/aromatic N) is 1. The van der Waals surface area contributed by atoms with Gasteiger partial charge in [0.2, 0.25) is 5.91 Å². The molecular formula is C23H26N2O6. The summed E-state index contributed by atoms with van der Waals surface area (Å²) < 4.78 is 16.3. The van der Waals surface area contributed by atoms with Gasteiger partial charge in [0.15, 0.2) is 18.1 Å². The van der Waals surface area contributed by atoms with Gasteiger partial charge in [-0.15, -0.1) is 0 Å². The van der Waals surface area contributed by atoms with E-state index in [0.717, 1.165) is 0 Å². The summed E-state index contributed by atoms with van der Waals surface area (Å²) in [4.78, 5) is 39.1. The van der Waals surface area contributed by atoms with Crippen LogP contribution in [0.4, 0.5) is 11.4 Å². The Morgan fingerprint density at radius 2 is 1.77 bits per heavy atom. The Kier molecular flexibility index (Phi) is 7.12. The number of benzene rings is 2. The van der Waals surface area contributed by atoms with Crippen molar-refractivity contribution in [2.45, 2.75) is 33.2 Å². The molecule has 1 aliphatic heterocycles. The Morgan fingerprint density at radius 3 is 2.52 bits per heavy atom. The summed E-state index contributed by atoms with van der Waals surface area (Å²) in [7, 11) is 0. The average molecular weight is 426 g/mol. The molecule has 0 aliphatic carbocycles. The Hall–Kier alpha value is -3.55. The number of hydrogen-bond acceptors (Lipinski definition) is 6. The van der Waals surface area contributed by atoms with E-state index >= 15 is 0 Å². The van der Waals surface area contributed by atoms with E-state index in [1.54, 1.807) is 43.3 Å². The second kappa shape index (κ2) is 9.97. The van der Waals surface area contributed by atoms with Gasteiger partial charge in [-0.2, -0.15) is 0 Å². The molecule has 1 unspecified atom stereocenters. The van der Waals surface area contributed by atoms with Crippen molar-refractivity contribution in [1.29, 1.82) is 0 Å². The molecule has 164 valence electrons. The minimum Gasteiger partial charge on any atom is -0.490 e. The highest BCUT2D eigenvalue weighted by molar-refractivity contribution is 6.05. The zero-order valence-electron chi connectivity index (χ0n) is 17.8. The molecule has 2 amide bonds. The zero-order valence-corrected chi connectivity index (χ0v) is 17.8. The van der Waals surface area contributed by atoms with Crippen LogP contribution in [0.5, 0.6) is 11.5 Å². The van der Waals surface area contributed by atoms with Crippen LogP contribution in [0.15, 0.2) is 42.5 Å². The molecule has 31 heavy (non-hydrogen) atoms. The van der Waals surface area contributed by atoms with Crippen molar-refractivity contribution in [1.82, 2.24) is 0 Å². The van der Waals surface area contributed by atoms with E-state index < -0.39 is 18.5 Å². The molecule has 0 fully saturated rings. The summed E-state index contributed by atoms with van der Waals surface area (Å²) in [6, 6.07) is 11.4. The summed E-state index contributed by atoms with van der Waals surface area (Å²) in [5.41, 5.74) is 1.37. The Bertz CT molecular complexity index is 974. The van der Waals surface area contributed by atoms with E-state index in [0.29, 0.717) is 36.1 Å². The summed E-state index contributed by atoms with van der Waals surface area (Å²) in [5.74, 6) is -0.276. The first kappa shape index (κ1) is 22.1. The van der Waals surface area contributed by atoms with Crippen molar-refractivity contribution in [2.24, 2.45) is 0 Å². The van der Waals surface area contributed by atoms with Crippen LogP contribution in [-0.4, -0.2) is 43.6 Å². The number of fused-ring (bicyclic) bond motifs is 1. The first-order chi connectivity index (χ1) is 14.9. The maximum absolute atomic E-state index is 12.9. The SMILES string of the molecule is CCOc1ccc(C(=O)OCC(=O)N2c3ccccc3NC(=O)CC2C)cc1OCC. The lowest BCUT2D eigenvalue weighted by molar-refractivity contribution is -0.122. The summed E-state index contributed by atoms with van der Waals surface area (Å²) in [6.07, 6.45) is 0.144. The molecule has 0 bridgehead atoms. The molecule has 8 heteroatoms. The van der Waals surface area contributed by atoms with Crippen molar-refractivity contribution in [2.75, 3.05) is 30.0 Å². The van der Waals surface area contributed by atoms with Crippen molar-refractivity contribution >= 4 is 29.2 Å². The highest BCUT2D eigenvalue weighted by atomic mass is 16.5. The second-order valence-electron chi connectivity index (χ2n) is 6.99. The molecule has 1 N–H and O–H groups in total. The van der Waals surface area contributed by atoms with Gasteiger partial charge in [0.1, 0.15) is 0 Å². The lowest BCUT2D eigenvalue weighted by Crippen LogP contribution is -2.41. The maximum atomic E-state index is 12.9. The molecular weight excluding hydrogens is 400 g/mol. The molecule has 3 rings (SSSR count). The van der Waals surface area contributed by atoms with E-state index in [1.165, 1.54) is 11.0 Å². The van der Waals surface area contributed by atoms with Crippen LogP contribution in [0, 0.1) is 0 Å². The molecule has 0 radical (unpaired) electrons. The van der Waals surface area contributed by atoms with Crippen LogP contribution in [0.3, 0.4) is 0 Å². The number of ether oxygens (including phenoxy) is 3. The third kappa shape index (κ3) is 5.14. The molecule has 0 saturated carbocycles. The Labute approximate surface area is 181 Å². The monoisotopic (exact) mass is 426 g/mol. The Balaban J connectivity index is 1.74. The topological polar surface area (TPSA) is 94.2 Å². The normalized spacial score (nSPS) is 15.4. The quantitative estimate of drug-likeness (QED) is 0.682. The minimum atomic E-state index is -0.651. The fraction of sp³-hybridized carbons (Fsp3) is 0.348. The molecule has 1 atom stereocenters. The van der Waals surface area contributed by atoms with Gasteiger partial charge in [-0.1, -0.05) is 12.1 Å². The van der Waals surface area contributed by atoms with Gasteiger partial charge >= 0.3 is 5.97 Å². The number of nitrogens with one attached hydrogen (secondary N) is 1. The van der Waals surface area contributed by atoms with Crippen molar-refractivity contribution in [3.05, 3.63) is 48.0 Å². The number of hydrogen-bond donors (Lipinski definition) is 1. The van der Waals surface area contributed by atoms with Gasteiger partial charge in [-0.05, 0) is 51.1 Å². The predicted octanol–water partition coefficient (Wildman–Crippen LogP) is 3.40. The fourth-order valence-electron chi connectivity index (χ4n) is 3.43. The molecule has 2 aromatic rings. The van der Waals surface area contributed by atoms with Gasteiger partial charge < -0.3 is 24.4 Å². The van der Waals surface area contributed by atoms with E-state index in [4.69, 9.17) is 14.2 Å². The lowest BCUT2D eigenvalue weighted by Gasteiger charge is -2.27. The maximum Gasteiger partial charge on any atom is 0.338 e. The molecule has 0 spiro atoms. The van der Waals surface area contributed by atoms with Crippen molar-refractivity contribution < 1.29 is 28.6 Å². The van der Waals surface area contributed by atoms with Crippen LogP contribution >= 0.6 is 0 Å². The van der Waals surface area contributed by atoms with E-state index in [1.807, 2.05) is 13.8 Å². The van der Waals surface area contributed by atoms with E-state index in [-0.39, 0.29) is 23.9 Å². The molecule has 0 aromatic heterocycles. The molecule has 1 heterocycles. The molecule has 1 aliphatic rings. The number of carbonyl (C=O) groups excluding carboxylic acids is 3. The fourth-order valence-corrected chi connectivity index (χ4v) is 3.43. The van der Waals surface area contributed by atoms with Crippen LogP contribution in [-0.2, 0) is 14.3 Å². The molecule has 8 nitrogen and oxygen atoms in total. The van der Waals surface area contributed by atoms with E-state index in [2.05, 4.69) is 5.32 Å². The van der Waals surface area contributed by atoms with Gasteiger partial charge in [0.25, 0.3) is 5.91 Å². The first-order valence-electron chi connectivity index (χ1n) is 10.2. The summed E-state index contributed by atoms with van der Waals surface area (Å²) >= 11 is 0. The third-order valence-corrected chi connectivity index (χ3v) is 4.73. The van der Waals surface area contributed by atoms with Gasteiger partial charge in [0, 0.05) is 12.5 Å². The summed E-state index contributed by atoms with van der Waals surface area (Å²) in [6.45, 7) is 5.89. The predicted molar refractivity (Wildman–Crippen MR) is 116 cm³/mol. The van der Waals surface area contributed by atoms with Crippen LogP contribution in [0.1, 0.15) is 37.6 Å².